The summed E-state index contributed by atoms with van der Waals surface area (Å²) in [4.78, 5) is 14.3. The molecule has 0 bridgehead atoms. The largest absolute Gasteiger partial charge is 0.398 e. The Hall–Kier alpha value is -1.07. The van der Waals surface area contributed by atoms with Crippen LogP contribution in [0.25, 0.3) is 0 Å². The van der Waals surface area contributed by atoms with Crippen LogP contribution in [-0.4, -0.2) is 37.0 Å². The number of likely N-dealkylation sites (N-methyl/N-ethyl adjacent to an activating group) is 1. The molecule has 3 N–H and O–H groups in total. The average Bonchev–Trinajstić information content (AvgIpc) is 2.33. The van der Waals surface area contributed by atoms with Crippen LogP contribution in [0.2, 0.25) is 0 Å². The Morgan fingerprint density at radius 1 is 1.47 bits per heavy atom. The molecule has 0 aliphatic heterocycles. The van der Waals surface area contributed by atoms with Gasteiger partial charge in [-0.25, -0.2) is 0 Å². The smallest absolute Gasteiger partial charge is 0.251 e. The molecule has 5 heteroatoms. The summed E-state index contributed by atoms with van der Waals surface area (Å²) in [6.07, 6.45) is 0. The molecule has 0 atom stereocenters. The Balaban J connectivity index is 2.64. The van der Waals surface area contributed by atoms with Crippen molar-refractivity contribution in [2.45, 2.75) is 26.8 Å². The van der Waals surface area contributed by atoms with E-state index >= 15 is 0 Å². The molecular weight excluding hydrogens is 306 g/mol. The van der Waals surface area contributed by atoms with E-state index in [1.807, 2.05) is 14.0 Å². The van der Waals surface area contributed by atoms with Crippen molar-refractivity contribution in [3.63, 3.8) is 0 Å². The highest BCUT2D eigenvalue weighted by Gasteiger charge is 2.12. The fraction of sp³-hybridized carbons (Fsp3) is 0.500. The summed E-state index contributed by atoms with van der Waals surface area (Å²) in [6, 6.07) is 4.08. The maximum absolute atomic E-state index is 12.1. The highest BCUT2D eigenvalue weighted by Crippen LogP contribution is 2.22. The van der Waals surface area contributed by atoms with Gasteiger partial charge in [-0.1, -0.05) is 15.9 Å². The molecule has 0 fully saturated rings. The third-order valence-corrected chi connectivity index (χ3v) is 3.75. The van der Waals surface area contributed by atoms with Gasteiger partial charge in [-0.15, -0.1) is 0 Å². The fourth-order valence-electron chi connectivity index (χ4n) is 1.64. The van der Waals surface area contributed by atoms with Crippen LogP contribution in [0.15, 0.2) is 16.6 Å². The number of rotatable bonds is 5. The van der Waals surface area contributed by atoms with Crippen LogP contribution < -0.4 is 11.1 Å². The first-order valence-electron chi connectivity index (χ1n) is 6.37. The SMILES string of the molecule is Cc1c(N)cc(Br)cc1C(=O)NCCN(C)C(C)C. The number of carbonyl (C=O) groups excluding carboxylic acids is 1. The summed E-state index contributed by atoms with van der Waals surface area (Å²) >= 11 is 3.36. The summed E-state index contributed by atoms with van der Waals surface area (Å²) in [7, 11) is 2.04. The highest BCUT2D eigenvalue weighted by atomic mass is 79.9. The zero-order chi connectivity index (χ0) is 14.6. The van der Waals surface area contributed by atoms with Crippen molar-refractivity contribution in [1.29, 1.82) is 0 Å². The average molecular weight is 328 g/mol. The number of halogens is 1. The number of hydrogen-bond acceptors (Lipinski definition) is 3. The summed E-state index contributed by atoms with van der Waals surface area (Å²) in [6.45, 7) is 7.56. The van der Waals surface area contributed by atoms with Gasteiger partial charge in [-0.05, 0) is 45.5 Å². The number of amides is 1. The molecule has 0 spiro atoms. The van der Waals surface area contributed by atoms with Gasteiger partial charge in [-0.3, -0.25) is 4.79 Å². The molecule has 0 saturated carbocycles. The van der Waals surface area contributed by atoms with Crippen LogP contribution in [0.5, 0.6) is 0 Å². The molecule has 1 amide bonds. The minimum absolute atomic E-state index is 0.0809. The van der Waals surface area contributed by atoms with Crippen LogP contribution in [0.4, 0.5) is 5.69 Å². The summed E-state index contributed by atoms with van der Waals surface area (Å²) in [5.74, 6) is -0.0809. The zero-order valence-corrected chi connectivity index (χ0v) is 13.5. The third-order valence-electron chi connectivity index (χ3n) is 3.29. The maximum Gasteiger partial charge on any atom is 0.251 e. The lowest BCUT2D eigenvalue weighted by Crippen LogP contribution is -2.36. The molecule has 0 radical (unpaired) electrons. The minimum atomic E-state index is -0.0809. The fourth-order valence-corrected chi connectivity index (χ4v) is 2.11. The van der Waals surface area contributed by atoms with Crippen molar-refractivity contribution < 1.29 is 4.79 Å². The second-order valence-corrected chi connectivity index (χ2v) is 5.91. The van der Waals surface area contributed by atoms with Crippen molar-refractivity contribution >= 4 is 27.5 Å². The first kappa shape index (κ1) is 16.0. The molecule has 0 aliphatic carbocycles. The van der Waals surface area contributed by atoms with Crippen molar-refractivity contribution in [2.24, 2.45) is 0 Å². The van der Waals surface area contributed by atoms with Gasteiger partial charge in [-0.2, -0.15) is 0 Å². The van der Waals surface area contributed by atoms with E-state index in [0.717, 1.165) is 16.6 Å². The van der Waals surface area contributed by atoms with E-state index in [1.165, 1.54) is 0 Å². The number of nitrogens with zero attached hydrogens (tertiary/aromatic N) is 1. The maximum atomic E-state index is 12.1. The monoisotopic (exact) mass is 327 g/mol. The van der Waals surface area contributed by atoms with E-state index in [-0.39, 0.29) is 5.91 Å². The Morgan fingerprint density at radius 2 is 2.11 bits per heavy atom. The van der Waals surface area contributed by atoms with Gasteiger partial charge in [0.25, 0.3) is 5.91 Å². The molecule has 1 aromatic carbocycles. The Kier molecular flexibility index (Phi) is 5.82. The molecule has 19 heavy (non-hydrogen) atoms. The number of benzene rings is 1. The number of hydrogen-bond donors (Lipinski definition) is 2. The number of nitrogens with two attached hydrogens (primary N) is 1. The summed E-state index contributed by atoms with van der Waals surface area (Å²) < 4.78 is 0.819. The molecule has 0 saturated heterocycles. The lowest BCUT2D eigenvalue weighted by atomic mass is 10.1. The molecule has 0 aliphatic rings. The van der Waals surface area contributed by atoms with Gasteiger partial charge in [0.05, 0.1) is 0 Å². The lowest BCUT2D eigenvalue weighted by Gasteiger charge is -2.21. The van der Waals surface area contributed by atoms with E-state index in [0.29, 0.717) is 23.8 Å². The predicted octanol–water partition coefficient (Wildman–Crippen LogP) is 2.41. The third kappa shape index (κ3) is 4.51. The van der Waals surface area contributed by atoms with Gasteiger partial charge in [0.15, 0.2) is 0 Å². The lowest BCUT2D eigenvalue weighted by molar-refractivity contribution is 0.0947. The summed E-state index contributed by atoms with van der Waals surface area (Å²) in [5, 5.41) is 2.92. The normalized spacial score (nSPS) is 11.1. The van der Waals surface area contributed by atoms with Crippen molar-refractivity contribution in [1.82, 2.24) is 10.2 Å². The Morgan fingerprint density at radius 3 is 2.68 bits per heavy atom. The van der Waals surface area contributed by atoms with Crippen LogP contribution in [0.3, 0.4) is 0 Å². The zero-order valence-electron chi connectivity index (χ0n) is 12.0. The Labute approximate surface area is 123 Å². The first-order valence-corrected chi connectivity index (χ1v) is 7.16. The second kappa shape index (κ2) is 6.91. The van der Waals surface area contributed by atoms with Gasteiger partial charge in [0.1, 0.15) is 0 Å². The molecular formula is C14H22BrN3O. The molecule has 0 unspecified atom stereocenters. The predicted molar refractivity (Wildman–Crippen MR) is 83.4 cm³/mol. The van der Waals surface area contributed by atoms with E-state index in [2.05, 4.69) is 40.0 Å². The van der Waals surface area contributed by atoms with E-state index in [4.69, 9.17) is 5.73 Å². The van der Waals surface area contributed by atoms with Crippen LogP contribution in [0, 0.1) is 6.92 Å². The van der Waals surface area contributed by atoms with E-state index < -0.39 is 0 Å². The van der Waals surface area contributed by atoms with Crippen LogP contribution in [-0.2, 0) is 0 Å². The molecule has 4 nitrogen and oxygen atoms in total. The van der Waals surface area contributed by atoms with Crippen molar-refractivity contribution in [3.05, 3.63) is 27.7 Å². The highest BCUT2D eigenvalue weighted by molar-refractivity contribution is 9.10. The van der Waals surface area contributed by atoms with Gasteiger partial charge in [0, 0.05) is 34.9 Å². The van der Waals surface area contributed by atoms with E-state index in [1.54, 1.807) is 12.1 Å². The standard InChI is InChI=1S/C14H22BrN3O/c1-9(2)18(4)6-5-17-14(19)12-7-11(15)8-13(16)10(12)3/h7-9H,5-6,16H2,1-4H3,(H,17,19). The van der Waals surface area contributed by atoms with Crippen molar-refractivity contribution in [3.8, 4) is 0 Å². The molecule has 106 valence electrons. The van der Waals surface area contributed by atoms with Gasteiger partial charge < -0.3 is 16.0 Å². The van der Waals surface area contributed by atoms with Gasteiger partial charge >= 0.3 is 0 Å². The number of anilines is 1. The van der Waals surface area contributed by atoms with Gasteiger partial charge in [0.2, 0.25) is 0 Å². The number of carbonyl (C=O) groups is 1. The molecule has 0 aromatic heterocycles. The molecule has 1 rings (SSSR count). The number of nitrogens with one attached hydrogen (secondary N) is 1. The topological polar surface area (TPSA) is 58.4 Å². The second-order valence-electron chi connectivity index (χ2n) is 5.00. The molecule has 1 aromatic rings. The number of nitrogen functional groups attached to an aromatic ring is 1. The van der Waals surface area contributed by atoms with Crippen LogP contribution in [0.1, 0.15) is 29.8 Å². The minimum Gasteiger partial charge on any atom is -0.398 e. The Bertz CT molecular complexity index is 460. The van der Waals surface area contributed by atoms with Crippen LogP contribution >= 0.6 is 15.9 Å². The van der Waals surface area contributed by atoms with Crippen molar-refractivity contribution in [2.75, 3.05) is 25.9 Å². The summed E-state index contributed by atoms with van der Waals surface area (Å²) in [5.41, 5.74) is 7.92. The first-order chi connectivity index (χ1) is 8.82. The quantitative estimate of drug-likeness (QED) is 0.816. The molecule has 0 heterocycles. The van der Waals surface area contributed by atoms with E-state index in [9.17, 15) is 4.79 Å².